The van der Waals surface area contributed by atoms with Crippen LogP contribution in [0.15, 0.2) is 23.2 Å². The summed E-state index contributed by atoms with van der Waals surface area (Å²) in [5, 5.41) is 16.9. The number of hydrogen-bond donors (Lipinski definition) is 2. The van der Waals surface area contributed by atoms with Crippen LogP contribution in [0.5, 0.6) is 0 Å². The zero-order chi connectivity index (χ0) is 20.9. The Hall–Kier alpha value is -1.76. The molecule has 2 aliphatic rings. The fourth-order valence-corrected chi connectivity index (χ4v) is 4.66. The molecule has 160 valence electrons. The van der Waals surface area contributed by atoms with Gasteiger partial charge in [0, 0.05) is 36.2 Å². The van der Waals surface area contributed by atoms with Crippen LogP contribution in [0.25, 0.3) is 0 Å². The van der Waals surface area contributed by atoms with Crippen molar-refractivity contribution in [1.29, 1.82) is 0 Å². The van der Waals surface area contributed by atoms with Gasteiger partial charge in [-0.15, -0.1) is 22.7 Å². The standard InChI is InChI=1S/C15H20N4OS2.C2HF3O2/c1-5-19(10-13-16-3-7-21-13)6-2-15(1)9-12(11-20-15)18-14-17-4-8-22-14;3-2(4,5)1(6)7/h3-4,7-8,12H,1-2,5-6,9-11H2,(H,17,18);(H,6,7). The highest BCUT2D eigenvalue weighted by Crippen LogP contribution is 2.37. The summed E-state index contributed by atoms with van der Waals surface area (Å²) in [7, 11) is 0. The van der Waals surface area contributed by atoms with E-state index in [1.54, 1.807) is 22.7 Å². The summed E-state index contributed by atoms with van der Waals surface area (Å²) in [6.45, 7) is 3.98. The monoisotopic (exact) mass is 450 g/mol. The number of thiazole rings is 2. The predicted molar refractivity (Wildman–Crippen MR) is 103 cm³/mol. The van der Waals surface area contributed by atoms with E-state index in [0.29, 0.717) is 6.04 Å². The molecule has 2 aromatic heterocycles. The number of carboxylic acids is 1. The van der Waals surface area contributed by atoms with Gasteiger partial charge in [0.25, 0.3) is 0 Å². The van der Waals surface area contributed by atoms with Gasteiger partial charge in [-0.1, -0.05) is 0 Å². The van der Waals surface area contributed by atoms with E-state index in [1.165, 1.54) is 5.01 Å². The third-order valence-electron chi connectivity index (χ3n) is 4.82. The Labute approximate surface area is 173 Å². The minimum atomic E-state index is -5.08. The summed E-state index contributed by atoms with van der Waals surface area (Å²) in [6, 6.07) is 0.400. The maximum absolute atomic E-state index is 10.6. The Morgan fingerprint density at radius 3 is 2.48 bits per heavy atom. The number of nitrogens with one attached hydrogen (secondary N) is 1. The molecule has 1 spiro atoms. The molecule has 0 aliphatic carbocycles. The molecule has 0 aromatic carbocycles. The molecule has 4 heterocycles. The molecule has 2 fully saturated rings. The second-order valence-electron chi connectivity index (χ2n) is 6.88. The highest BCUT2D eigenvalue weighted by molar-refractivity contribution is 7.13. The van der Waals surface area contributed by atoms with Gasteiger partial charge in [0.2, 0.25) is 0 Å². The second-order valence-corrected chi connectivity index (χ2v) is 8.76. The van der Waals surface area contributed by atoms with Crippen molar-refractivity contribution >= 4 is 33.8 Å². The number of aromatic nitrogens is 2. The molecule has 0 radical (unpaired) electrons. The zero-order valence-electron chi connectivity index (χ0n) is 15.4. The zero-order valence-corrected chi connectivity index (χ0v) is 17.0. The first-order valence-corrected chi connectivity index (χ1v) is 10.7. The maximum atomic E-state index is 10.6. The number of aliphatic carboxylic acids is 1. The van der Waals surface area contributed by atoms with E-state index < -0.39 is 12.1 Å². The molecule has 7 nitrogen and oxygen atoms in total. The van der Waals surface area contributed by atoms with Crippen molar-refractivity contribution in [3.8, 4) is 0 Å². The topological polar surface area (TPSA) is 87.6 Å². The van der Waals surface area contributed by atoms with E-state index in [-0.39, 0.29) is 5.60 Å². The van der Waals surface area contributed by atoms with Gasteiger partial charge in [0.05, 0.1) is 24.8 Å². The van der Waals surface area contributed by atoms with Crippen molar-refractivity contribution in [2.75, 3.05) is 25.0 Å². The van der Waals surface area contributed by atoms with Crippen LogP contribution in [0.2, 0.25) is 0 Å². The second kappa shape index (κ2) is 9.37. The highest BCUT2D eigenvalue weighted by Gasteiger charge is 2.43. The summed E-state index contributed by atoms with van der Waals surface area (Å²) in [5.74, 6) is -2.76. The van der Waals surface area contributed by atoms with Crippen LogP contribution in [-0.4, -0.2) is 63.5 Å². The van der Waals surface area contributed by atoms with Gasteiger partial charge in [0.15, 0.2) is 5.13 Å². The van der Waals surface area contributed by atoms with Gasteiger partial charge in [-0.3, -0.25) is 4.90 Å². The van der Waals surface area contributed by atoms with E-state index in [0.717, 1.165) is 50.6 Å². The highest BCUT2D eigenvalue weighted by atomic mass is 32.1. The van der Waals surface area contributed by atoms with Crippen LogP contribution in [0, 0.1) is 0 Å². The van der Waals surface area contributed by atoms with Gasteiger partial charge < -0.3 is 15.2 Å². The van der Waals surface area contributed by atoms with E-state index in [1.807, 2.05) is 17.8 Å². The molecular weight excluding hydrogens is 429 g/mol. The molecule has 2 N–H and O–H groups in total. The number of carbonyl (C=O) groups is 1. The van der Waals surface area contributed by atoms with Gasteiger partial charge in [-0.25, -0.2) is 14.8 Å². The van der Waals surface area contributed by atoms with Gasteiger partial charge in [0.1, 0.15) is 5.01 Å². The van der Waals surface area contributed by atoms with Crippen LogP contribution in [0.1, 0.15) is 24.3 Å². The summed E-state index contributed by atoms with van der Waals surface area (Å²) >= 11 is 3.40. The number of carboxylic acid groups (broad SMARTS) is 1. The molecule has 2 aliphatic heterocycles. The maximum Gasteiger partial charge on any atom is 0.490 e. The summed E-state index contributed by atoms with van der Waals surface area (Å²) in [5.41, 5.74) is 0.0777. The van der Waals surface area contributed by atoms with Crippen molar-refractivity contribution < 1.29 is 27.8 Å². The molecular formula is C17H21F3N4O3S2. The van der Waals surface area contributed by atoms with E-state index >= 15 is 0 Å². The van der Waals surface area contributed by atoms with Crippen LogP contribution < -0.4 is 5.32 Å². The molecule has 1 unspecified atom stereocenters. The number of piperidine rings is 1. The smallest absolute Gasteiger partial charge is 0.475 e. The molecule has 4 rings (SSSR count). The van der Waals surface area contributed by atoms with Crippen LogP contribution in [0.4, 0.5) is 18.3 Å². The number of hydrogen-bond acceptors (Lipinski definition) is 8. The first-order chi connectivity index (χ1) is 13.8. The van der Waals surface area contributed by atoms with Gasteiger partial charge in [-0.05, 0) is 19.3 Å². The quantitative estimate of drug-likeness (QED) is 0.738. The van der Waals surface area contributed by atoms with Crippen LogP contribution in [0.3, 0.4) is 0 Å². The fraction of sp³-hybridized carbons (Fsp3) is 0.588. The van der Waals surface area contributed by atoms with Crippen molar-refractivity contribution in [3.05, 3.63) is 28.2 Å². The average Bonchev–Trinajstić information content (AvgIpc) is 3.41. The lowest BCUT2D eigenvalue weighted by molar-refractivity contribution is -0.192. The molecule has 12 heteroatoms. The third kappa shape index (κ3) is 6.36. The minimum absolute atomic E-state index is 0.0777. The first-order valence-electron chi connectivity index (χ1n) is 8.97. The van der Waals surface area contributed by atoms with E-state index in [9.17, 15) is 13.2 Å². The van der Waals surface area contributed by atoms with Crippen molar-refractivity contribution in [2.45, 2.75) is 43.6 Å². The number of likely N-dealkylation sites (tertiary alicyclic amines) is 1. The molecule has 2 saturated heterocycles. The van der Waals surface area contributed by atoms with Gasteiger partial charge in [-0.2, -0.15) is 13.2 Å². The van der Waals surface area contributed by atoms with Gasteiger partial charge >= 0.3 is 12.1 Å². The van der Waals surface area contributed by atoms with Crippen molar-refractivity contribution in [2.24, 2.45) is 0 Å². The third-order valence-corrected chi connectivity index (χ3v) is 6.29. The Bertz CT molecular complexity index is 763. The first kappa shape index (κ1) is 21.9. The van der Waals surface area contributed by atoms with E-state index in [2.05, 4.69) is 25.6 Å². The SMILES string of the molecule is O=C(O)C(F)(F)F.c1csc(CN2CCC3(CC2)CC(Nc2nccs2)CO3)n1. The summed E-state index contributed by atoms with van der Waals surface area (Å²) in [4.78, 5) is 20.1. The largest absolute Gasteiger partial charge is 0.490 e. The summed E-state index contributed by atoms with van der Waals surface area (Å²) in [6.07, 6.45) is 1.98. The Morgan fingerprint density at radius 2 is 1.93 bits per heavy atom. The average molecular weight is 451 g/mol. The van der Waals surface area contributed by atoms with Crippen molar-refractivity contribution in [3.63, 3.8) is 0 Å². The van der Waals surface area contributed by atoms with Crippen molar-refractivity contribution in [1.82, 2.24) is 14.9 Å². The lowest BCUT2D eigenvalue weighted by atomic mass is 9.87. The number of nitrogens with zero attached hydrogens (tertiary/aromatic N) is 3. The summed E-state index contributed by atoms with van der Waals surface area (Å²) < 4.78 is 37.9. The number of anilines is 1. The Balaban J connectivity index is 0.000000298. The molecule has 0 saturated carbocycles. The Morgan fingerprint density at radius 1 is 1.28 bits per heavy atom. The molecule has 0 amide bonds. The molecule has 29 heavy (non-hydrogen) atoms. The fourth-order valence-electron chi connectivity index (χ4n) is 3.40. The Kier molecular flexibility index (Phi) is 7.09. The molecule has 2 aromatic rings. The molecule has 1 atom stereocenters. The van der Waals surface area contributed by atoms with E-state index in [4.69, 9.17) is 14.6 Å². The lowest BCUT2D eigenvalue weighted by Crippen LogP contribution is -2.44. The normalized spacial score (nSPS) is 21.6. The number of rotatable bonds is 4. The predicted octanol–water partition coefficient (Wildman–Crippen LogP) is 3.47. The number of alkyl halides is 3. The number of halogens is 3. The number of ether oxygens (including phenoxy) is 1. The minimum Gasteiger partial charge on any atom is -0.475 e. The van der Waals surface area contributed by atoms with Crippen LogP contribution >= 0.6 is 22.7 Å². The molecule has 0 bridgehead atoms. The lowest BCUT2D eigenvalue weighted by Gasteiger charge is -2.38. The van der Waals surface area contributed by atoms with Crippen LogP contribution in [-0.2, 0) is 16.1 Å².